The Labute approximate surface area is 286 Å². The lowest BCUT2D eigenvalue weighted by Gasteiger charge is -2.27. The maximum Gasteiger partial charge on any atom is 0.249 e. The predicted octanol–water partition coefficient (Wildman–Crippen LogP) is 10.1. The van der Waals surface area contributed by atoms with Crippen LogP contribution in [0.2, 0.25) is 0 Å². The summed E-state index contributed by atoms with van der Waals surface area (Å²) in [5.41, 5.74) is 0. The van der Waals surface area contributed by atoms with E-state index < -0.39 is 36.9 Å². The van der Waals surface area contributed by atoms with Crippen LogP contribution in [0, 0.1) is 0 Å². The molecule has 1 amide bonds. The van der Waals surface area contributed by atoms with Gasteiger partial charge in [0.25, 0.3) is 0 Å². The Morgan fingerprint density at radius 2 is 0.739 bits per heavy atom. The van der Waals surface area contributed by atoms with Crippen molar-refractivity contribution in [3.05, 3.63) is 0 Å². The summed E-state index contributed by atoms with van der Waals surface area (Å²) in [6.45, 7) is 4.05. The zero-order chi connectivity index (χ0) is 33.9. The molecule has 4 atom stereocenters. The quantitative estimate of drug-likeness (QED) is 0.0428. The van der Waals surface area contributed by atoms with E-state index in [1.54, 1.807) is 0 Å². The average molecular weight is 656 g/mol. The van der Waals surface area contributed by atoms with E-state index in [4.69, 9.17) is 0 Å². The van der Waals surface area contributed by atoms with Crippen LogP contribution in [0.25, 0.3) is 0 Å². The smallest absolute Gasteiger partial charge is 0.249 e. The molecule has 0 aliphatic rings. The first-order valence-corrected chi connectivity index (χ1v) is 20.4. The molecule has 0 aliphatic heterocycles. The number of aliphatic hydroxyl groups excluding tert-OH is 4. The van der Waals surface area contributed by atoms with Gasteiger partial charge in [-0.05, 0) is 12.8 Å². The number of aliphatic hydroxyl groups is 4. The topological polar surface area (TPSA) is 110 Å². The van der Waals surface area contributed by atoms with Crippen LogP contribution in [0.3, 0.4) is 0 Å². The summed E-state index contributed by atoms with van der Waals surface area (Å²) >= 11 is 0. The highest BCUT2D eigenvalue weighted by Crippen LogP contribution is 2.17. The van der Waals surface area contributed by atoms with Crippen molar-refractivity contribution in [2.75, 3.05) is 6.61 Å². The van der Waals surface area contributed by atoms with E-state index in [2.05, 4.69) is 19.2 Å². The third-order valence-corrected chi connectivity index (χ3v) is 9.82. The molecule has 0 rings (SSSR count). The van der Waals surface area contributed by atoms with Gasteiger partial charge in [-0.3, -0.25) is 4.79 Å². The molecule has 0 spiro atoms. The molecule has 0 saturated carbocycles. The van der Waals surface area contributed by atoms with Gasteiger partial charge in [0.15, 0.2) is 0 Å². The fraction of sp³-hybridized carbons (Fsp3) is 0.975. The molecule has 6 nitrogen and oxygen atoms in total. The van der Waals surface area contributed by atoms with E-state index in [0.717, 1.165) is 38.5 Å². The minimum atomic E-state index is -1.25. The van der Waals surface area contributed by atoms with Gasteiger partial charge in [-0.15, -0.1) is 0 Å². The van der Waals surface area contributed by atoms with Gasteiger partial charge in [0, 0.05) is 0 Å². The lowest BCUT2D eigenvalue weighted by atomic mass is 9.99. The zero-order valence-electron chi connectivity index (χ0n) is 30.8. The second kappa shape index (κ2) is 35.6. The number of carbonyl (C=O) groups is 1. The molecule has 0 heterocycles. The SMILES string of the molecule is CCCCCCCCCCCCCCCCCCCC(O)C(O)C(CO)NC(=O)C(O)CCCCCCCCCCCCCCC. The van der Waals surface area contributed by atoms with Gasteiger partial charge < -0.3 is 25.7 Å². The monoisotopic (exact) mass is 656 g/mol. The fourth-order valence-corrected chi connectivity index (χ4v) is 6.52. The summed E-state index contributed by atoms with van der Waals surface area (Å²) in [7, 11) is 0. The van der Waals surface area contributed by atoms with Crippen LogP contribution in [0.5, 0.6) is 0 Å². The molecule has 0 saturated heterocycles. The van der Waals surface area contributed by atoms with Gasteiger partial charge in [0.05, 0.1) is 18.8 Å². The van der Waals surface area contributed by atoms with Crippen molar-refractivity contribution >= 4 is 5.91 Å². The molecule has 6 heteroatoms. The molecular weight excluding hydrogens is 574 g/mol. The second-order valence-corrected chi connectivity index (χ2v) is 14.3. The Balaban J connectivity index is 3.74. The van der Waals surface area contributed by atoms with Crippen LogP contribution >= 0.6 is 0 Å². The Morgan fingerprint density at radius 3 is 1.04 bits per heavy atom. The average Bonchev–Trinajstić information content (AvgIpc) is 3.06. The first kappa shape index (κ1) is 45.3. The molecule has 46 heavy (non-hydrogen) atoms. The van der Waals surface area contributed by atoms with Crippen LogP contribution in [0.4, 0.5) is 0 Å². The van der Waals surface area contributed by atoms with Crippen molar-refractivity contribution in [3.8, 4) is 0 Å². The summed E-state index contributed by atoms with van der Waals surface area (Å²) in [5.74, 6) is -0.581. The van der Waals surface area contributed by atoms with Gasteiger partial charge in [-0.1, -0.05) is 206 Å². The number of hydrogen-bond donors (Lipinski definition) is 5. The molecule has 4 unspecified atom stereocenters. The second-order valence-electron chi connectivity index (χ2n) is 14.3. The number of hydrogen-bond acceptors (Lipinski definition) is 5. The first-order valence-electron chi connectivity index (χ1n) is 20.4. The van der Waals surface area contributed by atoms with Gasteiger partial charge in [-0.2, -0.15) is 0 Å². The van der Waals surface area contributed by atoms with Crippen LogP contribution in [-0.4, -0.2) is 57.3 Å². The third-order valence-electron chi connectivity index (χ3n) is 9.82. The van der Waals surface area contributed by atoms with E-state index in [9.17, 15) is 25.2 Å². The lowest BCUT2D eigenvalue weighted by molar-refractivity contribution is -0.132. The number of rotatable bonds is 37. The Bertz CT molecular complexity index is 618. The highest BCUT2D eigenvalue weighted by atomic mass is 16.3. The zero-order valence-corrected chi connectivity index (χ0v) is 30.8. The van der Waals surface area contributed by atoms with E-state index in [1.165, 1.54) is 154 Å². The summed E-state index contributed by atoms with van der Waals surface area (Å²) in [4.78, 5) is 12.4. The van der Waals surface area contributed by atoms with Gasteiger partial charge >= 0.3 is 0 Å². The third kappa shape index (κ3) is 29.4. The summed E-state index contributed by atoms with van der Waals surface area (Å²) in [6.07, 6.45) is 35.5. The standard InChI is InChI=1S/C40H81NO5/c1-3-5-7-9-11-13-15-17-18-19-20-22-23-25-27-29-31-33-37(43)39(45)36(35-42)41-40(46)38(44)34-32-30-28-26-24-21-16-14-12-10-8-6-4-2/h36-39,42-45H,3-35H2,1-2H3,(H,41,46). The van der Waals surface area contributed by atoms with E-state index in [-0.39, 0.29) is 0 Å². The van der Waals surface area contributed by atoms with Crippen LogP contribution in [-0.2, 0) is 4.79 Å². The van der Waals surface area contributed by atoms with Gasteiger partial charge in [0.2, 0.25) is 5.91 Å². The summed E-state index contributed by atoms with van der Waals surface area (Å²) < 4.78 is 0. The van der Waals surface area contributed by atoms with Crippen LogP contribution < -0.4 is 5.32 Å². The molecule has 0 radical (unpaired) electrons. The molecule has 5 N–H and O–H groups in total. The van der Waals surface area contributed by atoms with Crippen molar-refractivity contribution in [1.82, 2.24) is 5.32 Å². The first-order chi connectivity index (χ1) is 22.5. The number of unbranched alkanes of at least 4 members (excludes halogenated alkanes) is 28. The summed E-state index contributed by atoms with van der Waals surface area (Å²) in [6, 6.07) is -0.977. The molecule has 276 valence electrons. The Morgan fingerprint density at radius 1 is 0.457 bits per heavy atom. The predicted molar refractivity (Wildman–Crippen MR) is 196 cm³/mol. The number of carbonyl (C=O) groups excluding carboxylic acids is 1. The highest BCUT2D eigenvalue weighted by Gasteiger charge is 2.28. The van der Waals surface area contributed by atoms with Crippen LogP contribution in [0.15, 0.2) is 0 Å². The van der Waals surface area contributed by atoms with Crippen LogP contribution in [0.1, 0.15) is 219 Å². The lowest BCUT2D eigenvalue weighted by Crippen LogP contribution is -2.53. The molecule has 0 aromatic heterocycles. The van der Waals surface area contributed by atoms with Crippen molar-refractivity contribution in [2.45, 2.75) is 244 Å². The molecule has 0 aliphatic carbocycles. The van der Waals surface area contributed by atoms with E-state index >= 15 is 0 Å². The highest BCUT2D eigenvalue weighted by molar-refractivity contribution is 5.80. The minimum absolute atomic E-state index is 0.375. The molecule has 0 fully saturated rings. The molecule has 0 aromatic carbocycles. The molecular formula is C40H81NO5. The molecule has 0 aromatic rings. The summed E-state index contributed by atoms with van der Waals surface area (Å²) in [5, 5.41) is 43.6. The largest absolute Gasteiger partial charge is 0.394 e. The maximum atomic E-state index is 12.4. The maximum absolute atomic E-state index is 12.4. The van der Waals surface area contributed by atoms with E-state index in [1.807, 2.05) is 0 Å². The van der Waals surface area contributed by atoms with Crippen molar-refractivity contribution in [2.24, 2.45) is 0 Å². The molecule has 0 bridgehead atoms. The van der Waals surface area contributed by atoms with Crippen molar-refractivity contribution in [1.29, 1.82) is 0 Å². The van der Waals surface area contributed by atoms with E-state index in [0.29, 0.717) is 12.8 Å². The van der Waals surface area contributed by atoms with Crippen molar-refractivity contribution in [3.63, 3.8) is 0 Å². The number of amides is 1. The minimum Gasteiger partial charge on any atom is -0.394 e. The van der Waals surface area contributed by atoms with Gasteiger partial charge in [-0.25, -0.2) is 0 Å². The Kier molecular flexibility index (Phi) is 35.1. The van der Waals surface area contributed by atoms with Crippen molar-refractivity contribution < 1.29 is 25.2 Å². The van der Waals surface area contributed by atoms with Gasteiger partial charge in [0.1, 0.15) is 12.2 Å². The fourth-order valence-electron chi connectivity index (χ4n) is 6.52. The Hall–Kier alpha value is -0.690. The number of nitrogens with one attached hydrogen (secondary N) is 1. The normalized spacial score (nSPS) is 14.3.